The minimum Gasteiger partial charge on any atom is -0.497 e. The van der Waals surface area contributed by atoms with Gasteiger partial charge in [-0.05, 0) is 30.7 Å². The highest BCUT2D eigenvalue weighted by molar-refractivity contribution is 5.84. The molecule has 1 saturated heterocycles. The summed E-state index contributed by atoms with van der Waals surface area (Å²) in [7, 11) is 1.67. The molecule has 5 heteroatoms. The number of rotatable bonds is 2. The molecule has 1 fully saturated rings. The van der Waals surface area contributed by atoms with E-state index in [4.69, 9.17) is 9.84 Å². The zero-order chi connectivity index (χ0) is 17.0. The molecule has 126 valence electrons. The quantitative estimate of drug-likeness (QED) is 0.723. The van der Waals surface area contributed by atoms with Crippen molar-refractivity contribution in [3.8, 4) is 11.4 Å². The van der Waals surface area contributed by atoms with Crippen molar-refractivity contribution in [1.82, 2.24) is 14.7 Å². The SMILES string of the molecule is COc1ccc2c(c1)[C@H](N1CCCC1=O)Cc1c3ccccc3nn1-2. The second-order valence-electron chi connectivity index (χ2n) is 6.71. The summed E-state index contributed by atoms with van der Waals surface area (Å²) in [6, 6.07) is 14.3. The average molecular weight is 333 g/mol. The fraction of sp³-hybridized carbons (Fsp3) is 0.300. The van der Waals surface area contributed by atoms with E-state index in [-0.39, 0.29) is 11.9 Å². The van der Waals surface area contributed by atoms with E-state index in [0.29, 0.717) is 6.42 Å². The number of aromatic nitrogens is 2. The number of amides is 1. The summed E-state index contributed by atoms with van der Waals surface area (Å²) in [5, 5.41) is 5.97. The van der Waals surface area contributed by atoms with Gasteiger partial charge in [-0.3, -0.25) is 4.79 Å². The number of methoxy groups -OCH3 is 1. The second kappa shape index (κ2) is 5.34. The van der Waals surface area contributed by atoms with Crippen LogP contribution in [0.5, 0.6) is 5.75 Å². The molecule has 0 spiro atoms. The number of ether oxygens (including phenoxy) is 1. The summed E-state index contributed by atoms with van der Waals surface area (Å²) in [5.41, 5.74) is 4.34. The fourth-order valence-corrected chi connectivity index (χ4v) is 4.17. The van der Waals surface area contributed by atoms with E-state index in [1.165, 1.54) is 11.1 Å². The normalized spacial score (nSPS) is 19.2. The molecule has 5 nitrogen and oxygen atoms in total. The van der Waals surface area contributed by atoms with E-state index < -0.39 is 0 Å². The van der Waals surface area contributed by atoms with Gasteiger partial charge in [-0.15, -0.1) is 0 Å². The van der Waals surface area contributed by atoms with Crippen molar-refractivity contribution in [1.29, 1.82) is 0 Å². The van der Waals surface area contributed by atoms with Crippen molar-refractivity contribution in [3.05, 3.63) is 53.7 Å². The summed E-state index contributed by atoms with van der Waals surface area (Å²) in [6.45, 7) is 0.826. The lowest BCUT2D eigenvalue weighted by atomic mass is 9.93. The first-order valence-electron chi connectivity index (χ1n) is 8.70. The highest BCUT2D eigenvalue weighted by atomic mass is 16.5. The molecule has 5 rings (SSSR count). The molecule has 2 aliphatic rings. The lowest BCUT2D eigenvalue weighted by Crippen LogP contribution is -2.34. The summed E-state index contributed by atoms with van der Waals surface area (Å²) in [6.07, 6.45) is 2.37. The molecule has 1 aromatic heterocycles. The molecule has 2 aliphatic heterocycles. The van der Waals surface area contributed by atoms with Gasteiger partial charge in [0.2, 0.25) is 5.91 Å². The summed E-state index contributed by atoms with van der Waals surface area (Å²) in [4.78, 5) is 14.5. The number of hydrogen-bond acceptors (Lipinski definition) is 3. The molecule has 1 atom stereocenters. The van der Waals surface area contributed by atoms with Gasteiger partial charge in [0.1, 0.15) is 5.75 Å². The van der Waals surface area contributed by atoms with Crippen molar-refractivity contribution < 1.29 is 9.53 Å². The number of carbonyl (C=O) groups excluding carboxylic acids is 1. The summed E-state index contributed by atoms with van der Waals surface area (Å²) >= 11 is 0. The van der Waals surface area contributed by atoms with Crippen LogP contribution >= 0.6 is 0 Å². The van der Waals surface area contributed by atoms with Gasteiger partial charge in [-0.2, -0.15) is 5.10 Å². The molecule has 0 aliphatic carbocycles. The number of hydrogen-bond donors (Lipinski definition) is 0. The lowest BCUT2D eigenvalue weighted by Gasteiger charge is -2.33. The highest BCUT2D eigenvalue weighted by Crippen LogP contribution is 2.40. The van der Waals surface area contributed by atoms with Crippen LogP contribution < -0.4 is 4.74 Å². The number of nitrogens with zero attached hydrogens (tertiary/aromatic N) is 3. The van der Waals surface area contributed by atoms with Crippen LogP contribution in [-0.4, -0.2) is 34.2 Å². The Hall–Kier alpha value is -2.82. The van der Waals surface area contributed by atoms with Crippen LogP contribution in [0, 0.1) is 0 Å². The monoisotopic (exact) mass is 333 g/mol. The first-order valence-corrected chi connectivity index (χ1v) is 8.70. The van der Waals surface area contributed by atoms with Crippen molar-refractivity contribution >= 4 is 16.8 Å². The molecule has 3 heterocycles. The molecule has 1 amide bonds. The number of fused-ring (bicyclic) bond motifs is 5. The van der Waals surface area contributed by atoms with Gasteiger partial charge in [-0.1, -0.05) is 18.2 Å². The van der Waals surface area contributed by atoms with Gasteiger partial charge in [0.15, 0.2) is 0 Å². The number of carbonyl (C=O) groups is 1. The maximum absolute atomic E-state index is 12.4. The van der Waals surface area contributed by atoms with Crippen LogP contribution in [0.3, 0.4) is 0 Å². The van der Waals surface area contributed by atoms with E-state index in [2.05, 4.69) is 18.2 Å². The van der Waals surface area contributed by atoms with Crippen LogP contribution in [-0.2, 0) is 11.2 Å². The van der Waals surface area contributed by atoms with Gasteiger partial charge in [0, 0.05) is 30.3 Å². The third-order valence-electron chi connectivity index (χ3n) is 5.37. The van der Waals surface area contributed by atoms with Crippen LogP contribution in [0.1, 0.15) is 30.1 Å². The largest absolute Gasteiger partial charge is 0.497 e. The van der Waals surface area contributed by atoms with Crippen LogP contribution in [0.2, 0.25) is 0 Å². The molecule has 0 N–H and O–H groups in total. The molecule has 25 heavy (non-hydrogen) atoms. The summed E-state index contributed by atoms with van der Waals surface area (Å²) in [5.74, 6) is 1.06. The Morgan fingerprint density at radius 1 is 1.20 bits per heavy atom. The Bertz CT molecular complexity index is 992. The van der Waals surface area contributed by atoms with E-state index in [9.17, 15) is 4.79 Å². The maximum Gasteiger partial charge on any atom is 0.223 e. The maximum atomic E-state index is 12.4. The first kappa shape index (κ1) is 14.5. The Labute approximate surface area is 145 Å². The van der Waals surface area contributed by atoms with Gasteiger partial charge in [0.05, 0.1) is 30.0 Å². The third kappa shape index (κ3) is 2.08. The predicted molar refractivity (Wildman–Crippen MR) is 95.0 cm³/mol. The number of benzene rings is 2. The van der Waals surface area contributed by atoms with Crippen molar-refractivity contribution in [2.75, 3.05) is 13.7 Å². The molecular weight excluding hydrogens is 314 g/mol. The molecule has 2 aromatic carbocycles. The Morgan fingerprint density at radius 3 is 2.88 bits per heavy atom. The van der Waals surface area contributed by atoms with Crippen LogP contribution in [0.4, 0.5) is 0 Å². The Kier molecular flexibility index (Phi) is 3.10. The van der Waals surface area contributed by atoms with Crippen molar-refractivity contribution in [3.63, 3.8) is 0 Å². The van der Waals surface area contributed by atoms with Gasteiger partial charge in [0.25, 0.3) is 0 Å². The Morgan fingerprint density at radius 2 is 2.08 bits per heavy atom. The first-order chi connectivity index (χ1) is 12.3. The lowest BCUT2D eigenvalue weighted by molar-refractivity contribution is -0.129. The standard InChI is InChI=1S/C20H19N3O2/c1-25-13-8-9-17-15(11-13)18(22-10-4-7-20(22)24)12-19-14-5-2-3-6-16(14)21-23(17)19/h2-3,5-6,8-9,11,18H,4,7,10,12H2,1H3/t18-/m1/s1. The topological polar surface area (TPSA) is 47.4 Å². The highest BCUT2D eigenvalue weighted by Gasteiger charge is 2.35. The summed E-state index contributed by atoms with van der Waals surface area (Å²) < 4.78 is 7.47. The zero-order valence-corrected chi connectivity index (χ0v) is 14.1. The molecule has 0 unspecified atom stereocenters. The van der Waals surface area contributed by atoms with E-state index >= 15 is 0 Å². The second-order valence-corrected chi connectivity index (χ2v) is 6.71. The number of likely N-dealkylation sites (tertiary alicyclic amines) is 1. The van der Waals surface area contributed by atoms with E-state index in [0.717, 1.165) is 41.9 Å². The zero-order valence-electron chi connectivity index (χ0n) is 14.1. The molecule has 0 saturated carbocycles. The predicted octanol–water partition coefficient (Wildman–Crippen LogP) is 3.25. The molecule has 0 bridgehead atoms. The van der Waals surface area contributed by atoms with Crippen LogP contribution in [0.25, 0.3) is 16.6 Å². The minimum absolute atomic E-state index is 0.0488. The molecular formula is C20H19N3O2. The van der Waals surface area contributed by atoms with Gasteiger partial charge >= 0.3 is 0 Å². The van der Waals surface area contributed by atoms with E-state index in [1.807, 2.05) is 33.8 Å². The van der Waals surface area contributed by atoms with Gasteiger partial charge < -0.3 is 9.64 Å². The minimum atomic E-state index is 0.0488. The van der Waals surface area contributed by atoms with Crippen molar-refractivity contribution in [2.24, 2.45) is 0 Å². The smallest absolute Gasteiger partial charge is 0.223 e. The molecule has 3 aromatic rings. The fourth-order valence-electron chi connectivity index (χ4n) is 4.17. The average Bonchev–Trinajstić information content (AvgIpc) is 3.24. The van der Waals surface area contributed by atoms with E-state index in [1.54, 1.807) is 7.11 Å². The third-order valence-corrected chi connectivity index (χ3v) is 5.37. The van der Waals surface area contributed by atoms with Crippen molar-refractivity contribution in [2.45, 2.75) is 25.3 Å². The Balaban J connectivity index is 1.75. The molecule has 0 radical (unpaired) electrons. The van der Waals surface area contributed by atoms with Crippen LogP contribution in [0.15, 0.2) is 42.5 Å². The van der Waals surface area contributed by atoms with Gasteiger partial charge in [-0.25, -0.2) is 4.68 Å².